The zero-order valence-electron chi connectivity index (χ0n) is 10.9. The fourth-order valence-corrected chi connectivity index (χ4v) is 2.83. The van der Waals surface area contributed by atoms with Crippen LogP contribution in [0.5, 0.6) is 0 Å². The number of ketones is 1. The van der Waals surface area contributed by atoms with E-state index in [0.717, 1.165) is 22.7 Å². The minimum absolute atomic E-state index is 0.0429. The number of nitrogens with zero attached hydrogens (tertiary/aromatic N) is 1. The Balaban J connectivity index is 2.18. The third-order valence-corrected chi connectivity index (χ3v) is 4.06. The van der Waals surface area contributed by atoms with E-state index in [4.69, 9.17) is 0 Å². The van der Waals surface area contributed by atoms with E-state index >= 15 is 0 Å². The van der Waals surface area contributed by atoms with Crippen LogP contribution in [0.1, 0.15) is 38.4 Å². The second-order valence-corrected chi connectivity index (χ2v) is 5.53. The molecule has 0 spiro atoms. The maximum atomic E-state index is 12.4. The van der Waals surface area contributed by atoms with Crippen LogP contribution in [0, 0.1) is 6.92 Å². The van der Waals surface area contributed by atoms with Gasteiger partial charge in [-0.3, -0.25) is 4.79 Å². The molecule has 0 N–H and O–H groups in total. The van der Waals surface area contributed by atoms with E-state index in [2.05, 4.69) is 4.98 Å². The van der Waals surface area contributed by atoms with Gasteiger partial charge in [-0.1, -0.05) is 12.1 Å². The van der Waals surface area contributed by atoms with Crippen LogP contribution in [0.15, 0.2) is 24.3 Å². The number of hydrogen-bond acceptors (Lipinski definition) is 3. The molecule has 0 saturated carbocycles. The van der Waals surface area contributed by atoms with Crippen molar-refractivity contribution in [3.8, 4) is 0 Å². The molecule has 2 rings (SSSR count). The zero-order valence-corrected chi connectivity index (χ0v) is 11.7. The van der Waals surface area contributed by atoms with E-state index in [1.165, 1.54) is 30.4 Å². The highest BCUT2D eigenvalue weighted by Crippen LogP contribution is 2.29. The Morgan fingerprint density at radius 1 is 1.25 bits per heavy atom. The summed E-state index contributed by atoms with van der Waals surface area (Å²) >= 11 is 1.29. The summed E-state index contributed by atoms with van der Waals surface area (Å²) in [7, 11) is 0. The van der Waals surface area contributed by atoms with Gasteiger partial charge in [-0.05, 0) is 24.6 Å². The van der Waals surface area contributed by atoms with Gasteiger partial charge in [0.2, 0.25) is 0 Å². The van der Waals surface area contributed by atoms with Gasteiger partial charge >= 0.3 is 6.18 Å². The lowest BCUT2D eigenvalue weighted by molar-refractivity contribution is -0.137. The van der Waals surface area contributed by atoms with Gasteiger partial charge in [-0.25, -0.2) is 4.98 Å². The molecular formula is C14H12F3NOS. The number of carbonyl (C=O) groups excluding carboxylic acids is 1. The van der Waals surface area contributed by atoms with Crippen molar-refractivity contribution in [3.63, 3.8) is 0 Å². The smallest absolute Gasteiger partial charge is 0.294 e. The monoisotopic (exact) mass is 299 g/mol. The molecule has 0 saturated heterocycles. The van der Waals surface area contributed by atoms with Crippen LogP contribution in [0.25, 0.3) is 0 Å². The summed E-state index contributed by atoms with van der Waals surface area (Å²) in [5.74, 6) is -0.0429. The lowest BCUT2D eigenvalue weighted by atomic mass is 10.1. The highest BCUT2D eigenvalue weighted by atomic mass is 32.1. The summed E-state index contributed by atoms with van der Waals surface area (Å²) in [6.45, 7) is 3.23. The van der Waals surface area contributed by atoms with Crippen LogP contribution >= 0.6 is 11.3 Å². The predicted molar refractivity (Wildman–Crippen MR) is 71.1 cm³/mol. The SMILES string of the molecule is CC(=O)c1sc(Cc2ccc(C(F)(F)F)cc2)nc1C. The largest absolute Gasteiger partial charge is 0.416 e. The number of aryl methyl sites for hydroxylation is 1. The number of alkyl halides is 3. The molecular weight excluding hydrogens is 287 g/mol. The molecule has 6 heteroatoms. The molecule has 0 fully saturated rings. The highest BCUT2D eigenvalue weighted by Gasteiger charge is 2.29. The van der Waals surface area contributed by atoms with Crippen LogP contribution in [0.4, 0.5) is 13.2 Å². The number of Topliss-reactive ketones (excluding diaryl/α,β-unsaturated/α-hetero) is 1. The van der Waals surface area contributed by atoms with Crippen molar-refractivity contribution in [2.45, 2.75) is 26.4 Å². The van der Waals surface area contributed by atoms with E-state index in [1.54, 1.807) is 6.92 Å². The summed E-state index contributed by atoms with van der Waals surface area (Å²) in [5, 5.41) is 0.729. The second kappa shape index (κ2) is 5.36. The van der Waals surface area contributed by atoms with Gasteiger partial charge in [-0.2, -0.15) is 13.2 Å². The van der Waals surface area contributed by atoms with E-state index in [9.17, 15) is 18.0 Å². The fraction of sp³-hybridized carbons (Fsp3) is 0.286. The topological polar surface area (TPSA) is 30.0 Å². The van der Waals surface area contributed by atoms with Gasteiger partial charge in [0, 0.05) is 13.3 Å². The van der Waals surface area contributed by atoms with Gasteiger partial charge in [0.05, 0.1) is 21.1 Å². The standard InChI is InChI=1S/C14H12F3NOS/c1-8-13(9(2)19)20-12(18-8)7-10-3-5-11(6-4-10)14(15,16)17/h3-6H,7H2,1-2H3. The highest BCUT2D eigenvalue weighted by molar-refractivity contribution is 7.13. The van der Waals surface area contributed by atoms with Crippen molar-refractivity contribution in [1.29, 1.82) is 0 Å². The normalized spacial score (nSPS) is 11.7. The first kappa shape index (κ1) is 14.7. The molecule has 20 heavy (non-hydrogen) atoms. The lowest BCUT2D eigenvalue weighted by Crippen LogP contribution is -2.04. The summed E-state index contributed by atoms with van der Waals surface area (Å²) in [6.07, 6.45) is -3.89. The number of hydrogen-bond donors (Lipinski definition) is 0. The predicted octanol–water partition coefficient (Wildman–Crippen LogP) is 4.26. The quantitative estimate of drug-likeness (QED) is 0.792. The molecule has 2 nitrogen and oxygen atoms in total. The summed E-state index contributed by atoms with van der Waals surface area (Å²) in [6, 6.07) is 4.99. The number of thiazole rings is 1. The van der Waals surface area contributed by atoms with Gasteiger partial charge < -0.3 is 0 Å². The number of aromatic nitrogens is 1. The van der Waals surface area contributed by atoms with E-state index in [-0.39, 0.29) is 5.78 Å². The summed E-state index contributed by atoms with van der Waals surface area (Å²) < 4.78 is 37.3. The number of halogens is 3. The van der Waals surface area contributed by atoms with Crippen molar-refractivity contribution >= 4 is 17.1 Å². The van der Waals surface area contributed by atoms with Crippen molar-refractivity contribution in [3.05, 3.63) is 51.0 Å². The van der Waals surface area contributed by atoms with Crippen molar-refractivity contribution in [2.75, 3.05) is 0 Å². The Morgan fingerprint density at radius 3 is 2.30 bits per heavy atom. The Morgan fingerprint density at radius 2 is 1.85 bits per heavy atom. The third-order valence-electron chi connectivity index (χ3n) is 2.80. The average molecular weight is 299 g/mol. The van der Waals surface area contributed by atoms with Crippen molar-refractivity contribution in [1.82, 2.24) is 4.98 Å². The first-order chi connectivity index (χ1) is 9.27. The first-order valence-corrected chi connectivity index (χ1v) is 6.72. The maximum absolute atomic E-state index is 12.4. The van der Waals surface area contributed by atoms with Gasteiger partial charge in [0.25, 0.3) is 0 Å². The number of benzene rings is 1. The minimum Gasteiger partial charge on any atom is -0.294 e. The molecule has 0 atom stereocenters. The second-order valence-electron chi connectivity index (χ2n) is 4.45. The van der Waals surface area contributed by atoms with Crippen molar-refractivity contribution in [2.24, 2.45) is 0 Å². The van der Waals surface area contributed by atoms with Crippen LogP contribution in [-0.4, -0.2) is 10.8 Å². The summed E-state index contributed by atoms with van der Waals surface area (Å²) in [5.41, 5.74) is 0.743. The lowest BCUT2D eigenvalue weighted by Gasteiger charge is -2.06. The molecule has 1 heterocycles. The molecule has 2 aromatic rings. The molecule has 0 bridgehead atoms. The Labute approximate surface area is 118 Å². The van der Waals surface area contributed by atoms with Gasteiger partial charge in [0.1, 0.15) is 0 Å². The maximum Gasteiger partial charge on any atom is 0.416 e. The first-order valence-electron chi connectivity index (χ1n) is 5.91. The molecule has 0 aliphatic heterocycles. The average Bonchev–Trinajstić information content (AvgIpc) is 2.70. The van der Waals surface area contributed by atoms with Crippen LogP contribution in [-0.2, 0) is 12.6 Å². The Hall–Kier alpha value is -1.69. The molecule has 0 aliphatic rings. The molecule has 0 aliphatic carbocycles. The van der Waals surface area contributed by atoms with Crippen molar-refractivity contribution < 1.29 is 18.0 Å². The van der Waals surface area contributed by atoms with Gasteiger partial charge in [-0.15, -0.1) is 11.3 Å². The van der Waals surface area contributed by atoms with Gasteiger partial charge in [0.15, 0.2) is 5.78 Å². The molecule has 0 radical (unpaired) electrons. The molecule has 0 unspecified atom stereocenters. The Bertz CT molecular complexity index is 629. The molecule has 1 aromatic carbocycles. The molecule has 106 valence electrons. The van der Waals surface area contributed by atoms with Crippen LogP contribution < -0.4 is 0 Å². The van der Waals surface area contributed by atoms with Crippen LogP contribution in [0.2, 0.25) is 0 Å². The number of carbonyl (C=O) groups is 1. The molecule has 0 amide bonds. The minimum atomic E-state index is -4.32. The van der Waals surface area contributed by atoms with E-state index < -0.39 is 11.7 Å². The van der Waals surface area contributed by atoms with E-state index in [0.29, 0.717) is 17.0 Å². The summed E-state index contributed by atoms with van der Waals surface area (Å²) in [4.78, 5) is 16.2. The molecule has 1 aromatic heterocycles. The Kier molecular flexibility index (Phi) is 3.94. The zero-order chi connectivity index (χ0) is 14.9. The third kappa shape index (κ3) is 3.25. The van der Waals surface area contributed by atoms with Crippen LogP contribution in [0.3, 0.4) is 0 Å². The van der Waals surface area contributed by atoms with E-state index in [1.807, 2.05) is 0 Å². The number of rotatable bonds is 3. The fourth-order valence-electron chi connectivity index (χ4n) is 1.84.